The van der Waals surface area contributed by atoms with Gasteiger partial charge in [-0.15, -0.1) is 0 Å². The second kappa shape index (κ2) is 4.70. The van der Waals surface area contributed by atoms with Crippen LogP contribution in [0.1, 0.15) is 40.0 Å². The van der Waals surface area contributed by atoms with Crippen LogP contribution >= 0.6 is 11.6 Å². The van der Waals surface area contributed by atoms with Gasteiger partial charge in [0.1, 0.15) is 0 Å². The van der Waals surface area contributed by atoms with E-state index in [0.717, 1.165) is 12.8 Å². The first kappa shape index (κ1) is 13.3. The van der Waals surface area contributed by atoms with E-state index in [-0.39, 0.29) is 22.5 Å². The van der Waals surface area contributed by atoms with Gasteiger partial charge in [0, 0.05) is 23.0 Å². The molecular weight excluding hydrogens is 280 g/mol. The van der Waals surface area contributed by atoms with E-state index < -0.39 is 17.8 Å². The van der Waals surface area contributed by atoms with Crippen molar-refractivity contribution in [2.75, 3.05) is 0 Å². The van der Waals surface area contributed by atoms with Crippen LogP contribution in [0.5, 0.6) is 0 Å². The van der Waals surface area contributed by atoms with E-state index in [4.69, 9.17) is 16.7 Å². The number of carbonyl (C=O) groups is 3. The summed E-state index contributed by atoms with van der Waals surface area (Å²) in [5.41, 5.74) is 0.840. The molecular formula is C15H13ClO4. The number of halogens is 1. The topological polar surface area (TPSA) is 71.4 Å². The highest BCUT2D eigenvalue weighted by Gasteiger charge is 2.48. The summed E-state index contributed by atoms with van der Waals surface area (Å²) in [6, 6.07) is 4.63. The third-order valence-corrected chi connectivity index (χ3v) is 4.22. The van der Waals surface area contributed by atoms with E-state index in [0.29, 0.717) is 17.5 Å². The molecule has 2 aliphatic carbocycles. The largest absolute Gasteiger partial charge is 0.481 e. The lowest BCUT2D eigenvalue weighted by atomic mass is 10.0. The summed E-state index contributed by atoms with van der Waals surface area (Å²) in [4.78, 5) is 34.8. The predicted molar refractivity (Wildman–Crippen MR) is 72.1 cm³/mol. The third-order valence-electron chi connectivity index (χ3n) is 3.91. The number of aliphatic carboxylic acids is 1. The Kier molecular flexibility index (Phi) is 3.13. The molecule has 0 spiro atoms. The van der Waals surface area contributed by atoms with Crippen LogP contribution in [0.4, 0.5) is 0 Å². The standard InChI is InChI=1S/C15H13ClO4/c16-12-5-8(14(18)10-6-11(10)15(19)20)3-4-9(12)13(17)7-1-2-7/h3-5,7,10-11H,1-2,6H2,(H,19,20)/t10?,11-/m0/s1. The molecule has 0 radical (unpaired) electrons. The molecule has 104 valence electrons. The molecule has 0 amide bonds. The highest BCUT2D eigenvalue weighted by Crippen LogP contribution is 2.41. The Morgan fingerprint density at radius 2 is 1.80 bits per heavy atom. The smallest absolute Gasteiger partial charge is 0.307 e. The molecule has 2 aliphatic rings. The van der Waals surface area contributed by atoms with Gasteiger partial charge in [-0.05, 0) is 31.4 Å². The summed E-state index contributed by atoms with van der Waals surface area (Å²) in [6.45, 7) is 0. The van der Waals surface area contributed by atoms with Crippen LogP contribution < -0.4 is 0 Å². The van der Waals surface area contributed by atoms with Crippen molar-refractivity contribution in [3.8, 4) is 0 Å². The number of rotatable bonds is 5. The molecule has 0 aromatic heterocycles. The summed E-state index contributed by atoms with van der Waals surface area (Å²) in [6.07, 6.45) is 2.19. The summed E-state index contributed by atoms with van der Waals surface area (Å²) >= 11 is 6.07. The van der Waals surface area contributed by atoms with E-state index in [2.05, 4.69) is 0 Å². The van der Waals surface area contributed by atoms with Gasteiger partial charge in [0.25, 0.3) is 0 Å². The van der Waals surface area contributed by atoms with Gasteiger partial charge in [-0.3, -0.25) is 14.4 Å². The zero-order valence-corrected chi connectivity index (χ0v) is 11.4. The van der Waals surface area contributed by atoms with Crippen molar-refractivity contribution in [1.82, 2.24) is 0 Å². The Morgan fingerprint density at radius 3 is 2.30 bits per heavy atom. The minimum Gasteiger partial charge on any atom is -0.481 e. The van der Waals surface area contributed by atoms with Crippen LogP contribution in [0.3, 0.4) is 0 Å². The van der Waals surface area contributed by atoms with Crippen LogP contribution in [0, 0.1) is 17.8 Å². The quantitative estimate of drug-likeness (QED) is 0.847. The SMILES string of the molecule is O=C(c1ccc(C(=O)C2C[C@@H]2C(=O)O)cc1Cl)C1CC1. The van der Waals surface area contributed by atoms with Crippen molar-refractivity contribution in [3.63, 3.8) is 0 Å². The molecule has 5 heteroatoms. The number of carboxylic acids is 1. The fraction of sp³-hybridized carbons (Fsp3) is 0.400. The Morgan fingerprint density at radius 1 is 1.10 bits per heavy atom. The Balaban J connectivity index is 1.78. The van der Waals surface area contributed by atoms with Crippen molar-refractivity contribution in [2.45, 2.75) is 19.3 Å². The van der Waals surface area contributed by atoms with E-state index in [1.807, 2.05) is 0 Å². The molecule has 0 aliphatic heterocycles. The van der Waals surface area contributed by atoms with Crippen LogP contribution in [0.25, 0.3) is 0 Å². The molecule has 1 N–H and O–H groups in total. The van der Waals surface area contributed by atoms with Crippen molar-refractivity contribution in [1.29, 1.82) is 0 Å². The third kappa shape index (κ3) is 2.36. The monoisotopic (exact) mass is 292 g/mol. The second-order valence-electron chi connectivity index (χ2n) is 5.48. The second-order valence-corrected chi connectivity index (χ2v) is 5.89. The Hall–Kier alpha value is -1.68. The fourth-order valence-corrected chi connectivity index (χ4v) is 2.68. The first-order valence-corrected chi connectivity index (χ1v) is 6.97. The lowest BCUT2D eigenvalue weighted by Gasteiger charge is -2.05. The van der Waals surface area contributed by atoms with Crippen molar-refractivity contribution in [3.05, 3.63) is 34.3 Å². The van der Waals surface area contributed by atoms with Gasteiger partial charge in [-0.1, -0.05) is 17.7 Å². The molecule has 0 bridgehead atoms. The molecule has 1 aromatic rings. The maximum atomic E-state index is 12.1. The zero-order valence-electron chi connectivity index (χ0n) is 10.6. The summed E-state index contributed by atoms with van der Waals surface area (Å²) in [5, 5.41) is 9.11. The van der Waals surface area contributed by atoms with E-state index in [1.165, 1.54) is 6.07 Å². The van der Waals surface area contributed by atoms with Crippen molar-refractivity contribution in [2.24, 2.45) is 17.8 Å². The normalized spacial score (nSPS) is 24.2. The first-order valence-electron chi connectivity index (χ1n) is 6.60. The number of carboxylic acid groups (broad SMARTS) is 1. The molecule has 0 saturated heterocycles. The van der Waals surface area contributed by atoms with Gasteiger partial charge in [-0.25, -0.2) is 0 Å². The summed E-state index contributed by atoms with van der Waals surface area (Å²) in [7, 11) is 0. The molecule has 0 heterocycles. The molecule has 20 heavy (non-hydrogen) atoms. The van der Waals surface area contributed by atoms with Crippen LogP contribution in [-0.4, -0.2) is 22.6 Å². The minimum atomic E-state index is -0.935. The fourth-order valence-electron chi connectivity index (χ4n) is 2.41. The number of hydrogen-bond donors (Lipinski definition) is 1. The Labute approximate surface area is 120 Å². The maximum absolute atomic E-state index is 12.1. The molecule has 1 unspecified atom stereocenters. The molecule has 2 saturated carbocycles. The van der Waals surface area contributed by atoms with Gasteiger partial charge in [0.15, 0.2) is 11.6 Å². The molecule has 2 atom stereocenters. The average Bonchev–Trinajstić information content (AvgIpc) is 3.29. The molecule has 4 nitrogen and oxygen atoms in total. The van der Waals surface area contributed by atoms with Crippen LogP contribution in [-0.2, 0) is 4.79 Å². The number of benzene rings is 1. The highest BCUT2D eigenvalue weighted by atomic mass is 35.5. The predicted octanol–water partition coefficient (Wildman–Crippen LogP) is 2.84. The van der Waals surface area contributed by atoms with Gasteiger partial charge >= 0.3 is 5.97 Å². The van der Waals surface area contributed by atoms with Crippen LogP contribution in [0.15, 0.2) is 18.2 Å². The van der Waals surface area contributed by atoms with E-state index >= 15 is 0 Å². The maximum Gasteiger partial charge on any atom is 0.307 e. The number of Topliss-reactive ketones (excluding diaryl/α,β-unsaturated/α-hetero) is 2. The van der Waals surface area contributed by atoms with Gasteiger partial charge in [-0.2, -0.15) is 0 Å². The van der Waals surface area contributed by atoms with Crippen LogP contribution in [0.2, 0.25) is 5.02 Å². The van der Waals surface area contributed by atoms with Crippen molar-refractivity contribution < 1.29 is 19.5 Å². The number of ketones is 2. The zero-order chi connectivity index (χ0) is 14.4. The summed E-state index contributed by atoms with van der Waals surface area (Å²) in [5.74, 6) is -2.06. The summed E-state index contributed by atoms with van der Waals surface area (Å²) < 4.78 is 0. The number of hydrogen-bond acceptors (Lipinski definition) is 3. The molecule has 3 rings (SSSR count). The molecule has 1 aromatic carbocycles. The molecule has 2 fully saturated rings. The van der Waals surface area contributed by atoms with Gasteiger partial charge in [0.2, 0.25) is 0 Å². The van der Waals surface area contributed by atoms with E-state index in [1.54, 1.807) is 12.1 Å². The van der Waals surface area contributed by atoms with Gasteiger partial charge < -0.3 is 5.11 Å². The lowest BCUT2D eigenvalue weighted by Crippen LogP contribution is -2.09. The van der Waals surface area contributed by atoms with Gasteiger partial charge in [0.05, 0.1) is 10.9 Å². The highest BCUT2D eigenvalue weighted by molar-refractivity contribution is 6.34. The van der Waals surface area contributed by atoms with E-state index in [9.17, 15) is 14.4 Å². The van der Waals surface area contributed by atoms with Crippen molar-refractivity contribution >= 4 is 29.1 Å². The average molecular weight is 293 g/mol. The number of carbonyl (C=O) groups excluding carboxylic acids is 2. The Bertz CT molecular complexity index is 618. The lowest BCUT2D eigenvalue weighted by molar-refractivity contribution is -0.138. The first-order chi connectivity index (χ1) is 9.49. The minimum absolute atomic E-state index is 0.0313.